The van der Waals surface area contributed by atoms with Crippen molar-refractivity contribution in [3.05, 3.63) is 12.7 Å². The number of carbonyl (C=O) groups excluding carboxylic acids is 6. The number of hydrogen-bond donors (Lipinski definition) is 4. The van der Waals surface area contributed by atoms with Gasteiger partial charge in [-0.2, -0.15) is 0 Å². The first-order chi connectivity index (χ1) is 22.2. The summed E-state index contributed by atoms with van der Waals surface area (Å²) < 4.78 is 0. The lowest BCUT2D eigenvalue weighted by Gasteiger charge is -2.41. The minimum absolute atomic E-state index is 0.0483. The first-order valence-corrected chi connectivity index (χ1v) is 17.6. The van der Waals surface area contributed by atoms with E-state index in [0.29, 0.717) is 45.3 Å². The van der Waals surface area contributed by atoms with Gasteiger partial charge in [0.25, 0.3) is 5.91 Å². The van der Waals surface area contributed by atoms with Gasteiger partial charge < -0.3 is 31.1 Å². The number of likely N-dealkylation sites (tertiary alicyclic amines) is 2. The van der Waals surface area contributed by atoms with Crippen molar-refractivity contribution in [1.29, 1.82) is 0 Å². The smallest absolute Gasteiger partial charge is 0.315 e. The van der Waals surface area contributed by atoms with Gasteiger partial charge in [0.1, 0.15) is 12.1 Å². The number of nitrogens with one attached hydrogen (secondary N) is 4. The summed E-state index contributed by atoms with van der Waals surface area (Å²) in [5, 5.41) is 11.3. The van der Waals surface area contributed by atoms with Crippen LogP contribution in [0.1, 0.15) is 107 Å². The quantitative estimate of drug-likeness (QED) is 0.174. The molecule has 2 aliphatic heterocycles. The fourth-order valence-electron chi connectivity index (χ4n) is 6.54. The Labute approximate surface area is 286 Å². The van der Waals surface area contributed by atoms with Gasteiger partial charge in [-0.25, -0.2) is 4.79 Å². The van der Waals surface area contributed by atoms with E-state index in [1.165, 1.54) is 11.0 Å². The Kier molecular flexibility index (Phi) is 12.9. The highest BCUT2D eigenvalue weighted by Crippen LogP contribution is 2.33. The second-order valence-corrected chi connectivity index (χ2v) is 16.9. The fraction of sp³-hybridized carbons (Fsp3) is 0.778. The Morgan fingerprint density at radius 3 is 2.15 bits per heavy atom. The molecule has 0 aromatic rings. The third-order valence-electron chi connectivity index (χ3n) is 10.1. The maximum absolute atomic E-state index is 14.1. The van der Waals surface area contributed by atoms with Crippen LogP contribution in [-0.4, -0.2) is 95.6 Å². The van der Waals surface area contributed by atoms with Gasteiger partial charge in [0.2, 0.25) is 23.5 Å². The number of amides is 6. The van der Waals surface area contributed by atoms with Crippen LogP contribution in [0.15, 0.2) is 12.7 Å². The zero-order chi connectivity index (χ0) is 36.0. The van der Waals surface area contributed by atoms with Crippen LogP contribution in [-0.2, 0) is 24.0 Å². The van der Waals surface area contributed by atoms with Crippen LogP contribution in [0.3, 0.4) is 0 Å². The van der Waals surface area contributed by atoms with Gasteiger partial charge in [0.15, 0.2) is 0 Å². The van der Waals surface area contributed by atoms with Crippen molar-refractivity contribution in [3.63, 3.8) is 0 Å². The van der Waals surface area contributed by atoms with Crippen molar-refractivity contribution in [2.24, 2.45) is 22.2 Å². The molecule has 0 aromatic heterocycles. The van der Waals surface area contributed by atoms with Gasteiger partial charge in [0, 0.05) is 32.6 Å². The molecule has 4 atom stereocenters. The van der Waals surface area contributed by atoms with Gasteiger partial charge in [-0.1, -0.05) is 80.7 Å². The molecule has 3 aliphatic rings. The van der Waals surface area contributed by atoms with Crippen LogP contribution < -0.4 is 21.3 Å². The number of hydrogen-bond acceptors (Lipinski definition) is 6. The third kappa shape index (κ3) is 10.5. The van der Waals surface area contributed by atoms with Gasteiger partial charge in [0.05, 0.1) is 12.1 Å². The number of urea groups is 1. The molecule has 12 nitrogen and oxygen atoms in total. The third-order valence-corrected chi connectivity index (χ3v) is 10.1. The lowest BCUT2D eigenvalue weighted by atomic mass is 9.80. The molecule has 2 saturated heterocycles. The van der Waals surface area contributed by atoms with E-state index in [1.807, 2.05) is 46.4 Å². The summed E-state index contributed by atoms with van der Waals surface area (Å²) in [7, 11) is 0. The largest absolute Gasteiger partial charge is 0.346 e. The van der Waals surface area contributed by atoms with Crippen LogP contribution in [0.25, 0.3) is 0 Å². The molecule has 1 aliphatic carbocycles. The van der Waals surface area contributed by atoms with Gasteiger partial charge in [-0.05, 0) is 47.8 Å². The highest BCUT2D eigenvalue weighted by atomic mass is 16.2. The molecule has 12 heteroatoms. The maximum atomic E-state index is 14.1. The van der Waals surface area contributed by atoms with Crippen molar-refractivity contribution < 1.29 is 28.8 Å². The summed E-state index contributed by atoms with van der Waals surface area (Å²) >= 11 is 0. The monoisotopic (exact) mass is 672 g/mol. The first-order valence-electron chi connectivity index (χ1n) is 17.6. The summed E-state index contributed by atoms with van der Waals surface area (Å²) in [4.78, 5) is 83.2. The summed E-state index contributed by atoms with van der Waals surface area (Å²) in [5.41, 5.74) is -1.12. The molecule has 3 rings (SSSR count). The second-order valence-electron chi connectivity index (χ2n) is 16.9. The summed E-state index contributed by atoms with van der Waals surface area (Å²) in [6.07, 6.45) is 7.09. The number of nitrogens with zero attached hydrogens (tertiary/aromatic N) is 2. The molecule has 1 saturated carbocycles. The predicted octanol–water partition coefficient (Wildman–Crippen LogP) is 3.30. The lowest BCUT2D eigenvalue weighted by Crippen LogP contribution is -2.62. The van der Waals surface area contributed by atoms with E-state index in [4.69, 9.17) is 0 Å². The Bertz CT molecular complexity index is 1230. The van der Waals surface area contributed by atoms with E-state index < -0.39 is 47.2 Å². The molecule has 48 heavy (non-hydrogen) atoms. The second kappa shape index (κ2) is 15.8. The van der Waals surface area contributed by atoms with E-state index >= 15 is 0 Å². The van der Waals surface area contributed by atoms with E-state index in [-0.39, 0.29) is 41.1 Å². The van der Waals surface area contributed by atoms with Crippen molar-refractivity contribution in [1.82, 2.24) is 31.1 Å². The Morgan fingerprint density at radius 2 is 1.60 bits per heavy atom. The molecule has 0 radical (unpaired) electrons. The predicted molar refractivity (Wildman–Crippen MR) is 185 cm³/mol. The van der Waals surface area contributed by atoms with Crippen LogP contribution in [0.2, 0.25) is 0 Å². The summed E-state index contributed by atoms with van der Waals surface area (Å²) in [5.74, 6) is -2.03. The topological polar surface area (TPSA) is 157 Å². The zero-order valence-corrected chi connectivity index (χ0v) is 30.5. The van der Waals surface area contributed by atoms with Gasteiger partial charge >= 0.3 is 6.03 Å². The Morgan fingerprint density at radius 1 is 0.938 bits per heavy atom. The average molecular weight is 673 g/mol. The highest BCUT2D eigenvalue weighted by Gasteiger charge is 2.44. The van der Waals surface area contributed by atoms with Crippen LogP contribution >= 0.6 is 0 Å². The number of ketones is 1. The highest BCUT2D eigenvalue weighted by molar-refractivity contribution is 6.38. The van der Waals surface area contributed by atoms with Crippen molar-refractivity contribution in [3.8, 4) is 0 Å². The SMILES string of the molecule is C=CCNC(=O)C(=O)C(CC1CCC1)NC(=O)[C@@H]1CCCN1C(=O)[C@@H](NC(=O)N[C@H](CN1CCC(C)(C)CC1=O)C(C)(C)C)C(C)(C)C. The van der Waals surface area contributed by atoms with Gasteiger partial charge in [-0.15, -0.1) is 6.58 Å². The number of rotatable bonds is 13. The molecule has 1 unspecified atom stereocenters. The molecule has 270 valence electrons. The molecule has 6 amide bonds. The van der Waals surface area contributed by atoms with Crippen molar-refractivity contribution >= 4 is 35.4 Å². The fourth-order valence-corrected chi connectivity index (χ4v) is 6.54. The Balaban J connectivity index is 1.72. The van der Waals surface area contributed by atoms with Crippen molar-refractivity contribution in [2.75, 3.05) is 26.2 Å². The number of Topliss-reactive ketones (excluding diaryl/α,β-unsaturated/α-hetero) is 1. The van der Waals surface area contributed by atoms with Crippen LogP contribution in [0.4, 0.5) is 4.79 Å². The standard InChI is InChI=1S/C36H60N6O6/c1-10-17-37-31(46)28(44)24(20-23-13-11-14-23)38-30(45)25-15-12-18-42(25)32(47)29(35(5,6)7)40-33(48)39-26(34(2,3)4)22-41-19-16-36(8,9)21-27(41)43/h10,23-26,29H,1,11-22H2,2-9H3,(H,37,46)(H,38,45)(H2,39,40,48)/t24?,25-,26+,29+/m0/s1. The average Bonchev–Trinajstić information content (AvgIpc) is 3.45. The first kappa shape index (κ1) is 39.0. The number of carbonyl (C=O) groups is 6. The lowest BCUT2D eigenvalue weighted by molar-refractivity contribution is -0.144. The molecular formula is C36H60N6O6. The molecule has 0 bridgehead atoms. The van der Waals surface area contributed by atoms with Crippen LogP contribution in [0.5, 0.6) is 0 Å². The normalized spacial score (nSPS) is 21.8. The molecule has 2 heterocycles. The molecule has 4 N–H and O–H groups in total. The maximum Gasteiger partial charge on any atom is 0.315 e. The number of piperidine rings is 1. The van der Waals surface area contributed by atoms with Crippen LogP contribution in [0, 0.1) is 22.2 Å². The molecular weight excluding hydrogens is 612 g/mol. The molecule has 3 fully saturated rings. The van der Waals surface area contributed by atoms with Crippen molar-refractivity contribution in [2.45, 2.75) is 131 Å². The molecule has 0 aromatic carbocycles. The summed E-state index contributed by atoms with van der Waals surface area (Å²) in [6, 6.07) is -3.68. The minimum Gasteiger partial charge on any atom is -0.346 e. The molecule has 0 spiro atoms. The zero-order valence-electron chi connectivity index (χ0n) is 30.5. The van der Waals surface area contributed by atoms with E-state index in [2.05, 4.69) is 41.7 Å². The summed E-state index contributed by atoms with van der Waals surface area (Å²) in [6.45, 7) is 20.7. The minimum atomic E-state index is -0.986. The van der Waals surface area contributed by atoms with Gasteiger partial charge in [-0.3, -0.25) is 24.0 Å². The Hall–Kier alpha value is -3.44. The van der Waals surface area contributed by atoms with E-state index in [0.717, 1.165) is 25.7 Å². The van der Waals surface area contributed by atoms with E-state index in [9.17, 15) is 28.8 Å². The van der Waals surface area contributed by atoms with E-state index in [1.54, 1.807) is 0 Å².